The molecule has 4 rings (SSSR count). The molecule has 0 aromatic heterocycles. The molecule has 3 unspecified atom stereocenters. The predicted octanol–water partition coefficient (Wildman–Crippen LogP) is 6.44. The average Bonchev–Trinajstić information content (AvgIpc) is 3.02. The van der Waals surface area contributed by atoms with Crippen molar-refractivity contribution < 1.29 is 14.7 Å². The number of rotatable bonds is 5. The SMILES string of the molecule is C/C(=C/CCC(C)[C@@H]1CC[C@]2(C)C3=C(CC[C@@]12N)C1(C)CCC(=O)C(C)(C)C1CC3)C(=O)O. The average molecular weight is 456 g/mol. The van der Waals surface area contributed by atoms with Gasteiger partial charge in [0.05, 0.1) is 0 Å². The summed E-state index contributed by atoms with van der Waals surface area (Å²) in [7, 11) is 0. The highest BCUT2D eigenvalue weighted by atomic mass is 16.4. The minimum Gasteiger partial charge on any atom is -0.478 e. The molecule has 0 bridgehead atoms. The van der Waals surface area contributed by atoms with E-state index in [9.17, 15) is 9.59 Å². The summed E-state index contributed by atoms with van der Waals surface area (Å²) in [6.07, 6.45) is 12.0. The van der Waals surface area contributed by atoms with Gasteiger partial charge in [0.2, 0.25) is 0 Å². The molecular formula is C29H45NO3. The van der Waals surface area contributed by atoms with Gasteiger partial charge in [-0.3, -0.25) is 4.79 Å². The van der Waals surface area contributed by atoms with Crippen LogP contribution in [-0.4, -0.2) is 22.4 Å². The molecule has 3 N–H and O–H groups in total. The summed E-state index contributed by atoms with van der Waals surface area (Å²) in [5.41, 5.74) is 10.9. The fourth-order valence-electron chi connectivity index (χ4n) is 8.94. The van der Waals surface area contributed by atoms with Crippen molar-refractivity contribution in [1.29, 1.82) is 0 Å². The number of ketones is 1. The Morgan fingerprint density at radius 2 is 1.79 bits per heavy atom. The lowest BCUT2D eigenvalue weighted by molar-refractivity contribution is -0.139. The van der Waals surface area contributed by atoms with E-state index in [1.54, 1.807) is 18.1 Å². The summed E-state index contributed by atoms with van der Waals surface area (Å²) in [4.78, 5) is 23.9. The molecule has 33 heavy (non-hydrogen) atoms. The molecule has 0 heterocycles. The van der Waals surface area contributed by atoms with Crippen molar-refractivity contribution in [3.8, 4) is 0 Å². The van der Waals surface area contributed by atoms with Crippen LogP contribution in [0.1, 0.15) is 106 Å². The maximum Gasteiger partial charge on any atom is 0.330 e. The fraction of sp³-hybridized carbons (Fsp3) is 0.793. The van der Waals surface area contributed by atoms with Gasteiger partial charge in [-0.25, -0.2) is 4.79 Å². The van der Waals surface area contributed by atoms with Gasteiger partial charge in [0, 0.05) is 28.4 Å². The second-order valence-electron chi connectivity index (χ2n) is 12.9. The summed E-state index contributed by atoms with van der Waals surface area (Å²) < 4.78 is 0. The Bertz CT molecular complexity index is 914. The molecule has 0 aliphatic heterocycles. The fourth-order valence-corrected chi connectivity index (χ4v) is 8.94. The summed E-state index contributed by atoms with van der Waals surface area (Å²) in [5, 5.41) is 9.14. The topological polar surface area (TPSA) is 80.4 Å². The lowest BCUT2D eigenvalue weighted by atomic mass is 9.44. The van der Waals surface area contributed by atoms with E-state index in [2.05, 4.69) is 34.6 Å². The van der Waals surface area contributed by atoms with E-state index in [1.807, 2.05) is 6.08 Å². The molecule has 0 spiro atoms. The van der Waals surface area contributed by atoms with Gasteiger partial charge in [0.15, 0.2) is 0 Å². The first-order valence-electron chi connectivity index (χ1n) is 13.2. The Hall–Kier alpha value is -1.42. The van der Waals surface area contributed by atoms with Crippen LogP contribution in [0, 0.1) is 34.0 Å². The lowest BCUT2D eigenvalue weighted by Crippen LogP contribution is -2.61. The van der Waals surface area contributed by atoms with Crippen molar-refractivity contribution in [2.24, 2.45) is 39.7 Å². The van der Waals surface area contributed by atoms with Crippen LogP contribution in [0.25, 0.3) is 0 Å². The number of fused-ring (bicyclic) bond motifs is 4. The Morgan fingerprint density at radius 3 is 2.45 bits per heavy atom. The van der Waals surface area contributed by atoms with Crippen LogP contribution in [0.4, 0.5) is 0 Å². The van der Waals surface area contributed by atoms with Gasteiger partial charge >= 0.3 is 5.97 Å². The van der Waals surface area contributed by atoms with Crippen LogP contribution >= 0.6 is 0 Å². The number of allylic oxidation sites excluding steroid dienone is 2. The third-order valence-corrected chi connectivity index (χ3v) is 11.2. The Morgan fingerprint density at radius 1 is 1.09 bits per heavy atom. The van der Waals surface area contributed by atoms with Crippen molar-refractivity contribution in [2.45, 2.75) is 111 Å². The van der Waals surface area contributed by atoms with E-state index in [4.69, 9.17) is 10.8 Å². The molecule has 0 aromatic carbocycles. The minimum atomic E-state index is -0.824. The van der Waals surface area contributed by atoms with Crippen LogP contribution < -0.4 is 5.73 Å². The predicted molar refractivity (Wildman–Crippen MR) is 133 cm³/mol. The van der Waals surface area contributed by atoms with E-state index >= 15 is 0 Å². The second kappa shape index (κ2) is 8.07. The smallest absolute Gasteiger partial charge is 0.330 e. The first kappa shape index (κ1) is 24.7. The van der Waals surface area contributed by atoms with Gasteiger partial charge in [-0.15, -0.1) is 0 Å². The van der Waals surface area contributed by atoms with Crippen LogP contribution in [0.15, 0.2) is 22.8 Å². The Kier molecular flexibility index (Phi) is 6.04. The first-order chi connectivity index (χ1) is 15.3. The molecule has 0 saturated heterocycles. The number of carboxylic acid groups (broad SMARTS) is 1. The number of carboxylic acids is 1. The maximum absolute atomic E-state index is 12.8. The Balaban J connectivity index is 1.61. The molecule has 184 valence electrons. The van der Waals surface area contributed by atoms with Crippen molar-refractivity contribution in [3.63, 3.8) is 0 Å². The van der Waals surface area contributed by atoms with E-state index in [0.717, 1.165) is 57.8 Å². The summed E-state index contributed by atoms with van der Waals surface area (Å²) in [5.74, 6) is 1.03. The summed E-state index contributed by atoms with van der Waals surface area (Å²) in [6.45, 7) is 13.3. The van der Waals surface area contributed by atoms with Gasteiger partial charge in [-0.2, -0.15) is 0 Å². The number of hydrogen-bond acceptors (Lipinski definition) is 3. The summed E-state index contributed by atoms with van der Waals surface area (Å²) in [6, 6.07) is 0. The number of hydrogen-bond donors (Lipinski definition) is 2. The quantitative estimate of drug-likeness (QED) is 0.369. The highest BCUT2D eigenvalue weighted by Crippen LogP contribution is 2.68. The molecule has 0 aromatic rings. The van der Waals surface area contributed by atoms with Gasteiger partial charge in [-0.1, -0.05) is 51.8 Å². The first-order valence-corrected chi connectivity index (χ1v) is 13.2. The van der Waals surface area contributed by atoms with Crippen molar-refractivity contribution >= 4 is 11.8 Å². The lowest BCUT2D eigenvalue weighted by Gasteiger charge is -2.60. The van der Waals surface area contributed by atoms with E-state index in [1.165, 1.54) is 0 Å². The van der Waals surface area contributed by atoms with Gasteiger partial charge < -0.3 is 10.8 Å². The molecule has 6 atom stereocenters. The molecular weight excluding hydrogens is 410 g/mol. The molecule has 2 fully saturated rings. The number of carbonyl (C=O) groups excluding carboxylic acids is 1. The monoisotopic (exact) mass is 455 g/mol. The summed E-state index contributed by atoms with van der Waals surface area (Å²) >= 11 is 0. The number of nitrogens with two attached hydrogens (primary N) is 1. The van der Waals surface area contributed by atoms with Crippen molar-refractivity contribution in [2.75, 3.05) is 0 Å². The maximum atomic E-state index is 12.8. The highest BCUT2D eigenvalue weighted by molar-refractivity contribution is 5.86. The standard InChI is InChI=1S/C29H45NO3/c1-18(8-7-9-19(2)25(32)33)20-12-16-28(6)22-10-11-23-26(3,4)24(31)14-15-27(23,5)21(22)13-17-29(20,28)30/h9,18,20,23H,7-8,10-17,30H2,1-6H3,(H,32,33)/b19-9-/t18?,20-,23?,27?,28+,29+/m0/s1. The Labute approximate surface area is 200 Å². The molecule has 0 radical (unpaired) electrons. The highest BCUT2D eigenvalue weighted by Gasteiger charge is 2.63. The zero-order valence-corrected chi connectivity index (χ0v) is 21.7. The zero-order chi connectivity index (χ0) is 24.4. The molecule has 4 aliphatic rings. The zero-order valence-electron chi connectivity index (χ0n) is 21.7. The normalized spacial score (nSPS) is 41.3. The van der Waals surface area contributed by atoms with Crippen LogP contribution in [0.2, 0.25) is 0 Å². The molecule has 2 saturated carbocycles. The molecule has 4 aliphatic carbocycles. The van der Waals surface area contributed by atoms with Crippen molar-refractivity contribution in [3.05, 3.63) is 22.8 Å². The van der Waals surface area contributed by atoms with Gasteiger partial charge in [-0.05, 0) is 87.9 Å². The van der Waals surface area contributed by atoms with Gasteiger partial charge in [0.25, 0.3) is 0 Å². The second-order valence-corrected chi connectivity index (χ2v) is 12.9. The van der Waals surface area contributed by atoms with E-state index in [-0.39, 0.29) is 21.8 Å². The largest absolute Gasteiger partial charge is 0.478 e. The molecule has 0 amide bonds. The van der Waals surface area contributed by atoms with Crippen LogP contribution in [-0.2, 0) is 9.59 Å². The minimum absolute atomic E-state index is 0.0475. The van der Waals surface area contributed by atoms with Crippen LogP contribution in [0.5, 0.6) is 0 Å². The number of Topliss-reactive ketones (excluding diaryl/α,β-unsaturated/α-hetero) is 1. The number of carbonyl (C=O) groups is 2. The third kappa shape index (κ3) is 3.49. The molecule has 4 heteroatoms. The van der Waals surface area contributed by atoms with Crippen LogP contribution in [0.3, 0.4) is 0 Å². The van der Waals surface area contributed by atoms with Gasteiger partial charge in [0.1, 0.15) is 5.78 Å². The van der Waals surface area contributed by atoms with E-state index in [0.29, 0.717) is 35.5 Å². The third-order valence-electron chi connectivity index (χ3n) is 11.2. The number of aliphatic carboxylic acids is 1. The van der Waals surface area contributed by atoms with Crippen molar-refractivity contribution in [1.82, 2.24) is 0 Å². The van der Waals surface area contributed by atoms with E-state index < -0.39 is 5.97 Å². The molecule has 4 nitrogen and oxygen atoms in total.